The summed E-state index contributed by atoms with van der Waals surface area (Å²) in [5, 5.41) is 26.9. The first-order chi connectivity index (χ1) is 11.3. The Morgan fingerprint density at radius 2 is 1.96 bits per heavy atom. The van der Waals surface area contributed by atoms with Gasteiger partial charge in [0.1, 0.15) is 28.7 Å². The minimum atomic E-state index is -4.83. The molecule has 1 aromatic heterocycles. The lowest BCUT2D eigenvalue weighted by Crippen LogP contribution is -2.10. The van der Waals surface area contributed by atoms with E-state index in [9.17, 15) is 18.3 Å². The molecule has 0 bridgehead atoms. The average Bonchev–Trinajstić information content (AvgIpc) is 2.52. The monoisotopic (exact) mass is 334 g/mol. The van der Waals surface area contributed by atoms with Gasteiger partial charge < -0.3 is 14.3 Å². The molecule has 0 fully saturated rings. The molecule has 0 atom stereocenters. The number of halogens is 3. The molecule has 3 rings (SSSR count). The molecule has 24 heavy (non-hydrogen) atoms. The summed E-state index contributed by atoms with van der Waals surface area (Å²) in [6, 6.07) is 6.49. The summed E-state index contributed by atoms with van der Waals surface area (Å²) in [5.41, 5.74) is -2.62. The Bertz CT molecular complexity index is 1080. The third-order valence-electron chi connectivity index (χ3n) is 3.64. The Labute approximate surface area is 132 Å². The van der Waals surface area contributed by atoms with Crippen LogP contribution in [0.15, 0.2) is 28.7 Å². The van der Waals surface area contributed by atoms with Crippen molar-refractivity contribution < 1.29 is 27.4 Å². The standard InChI is InChI=1S/C16H9F3N2O3/c1-23-7-2-3-8-9-5-11(16(17,18)19)10(6-20)14(22)13(9)15(21)24-12(8)4-7/h2-5,21-22H,1H3. The number of alkyl halides is 3. The van der Waals surface area contributed by atoms with Gasteiger partial charge in [0, 0.05) is 16.8 Å². The zero-order chi connectivity index (χ0) is 17.6. The van der Waals surface area contributed by atoms with Crippen molar-refractivity contribution in [3.8, 4) is 17.6 Å². The van der Waals surface area contributed by atoms with Gasteiger partial charge in [-0.25, -0.2) is 0 Å². The van der Waals surface area contributed by atoms with Crippen LogP contribution >= 0.6 is 0 Å². The molecular weight excluding hydrogens is 325 g/mol. The average molecular weight is 334 g/mol. The maximum Gasteiger partial charge on any atom is 0.417 e. The van der Waals surface area contributed by atoms with Crippen molar-refractivity contribution in [2.45, 2.75) is 6.18 Å². The molecule has 0 aliphatic rings. The Morgan fingerprint density at radius 1 is 1.25 bits per heavy atom. The number of benzene rings is 2. The number of ether oxygens (including phenoxy) is 1. The normalized spacial score (nSPS) is 11.6. The quantitative estimate of drug-likeness (QED) is 0.664. The highest BCUT2D eigenvalue weighted by atomic mass is 19.4. The van der Waals surface area contributed by atoms with Crippen LogP contribution in [-0.4, -0.2) is 12.2 Å². The van der Waals surface area contributed by atoms with E-state index in [2.05, 4.69) is 0 Å². The first kappa shape index (κ1) is 15.7. The van der Waals surface area contributed by atoms with Gasteiger partial charge in [-0.1, -0.05) is 0 Å². The number of methoxy groups -OCH3 is 1. The van der Waals surface area contributed by atoms with E-state index in [1.807, 2.05) is 0 Å². The summed E-state index contributed by atoms with van der Waals surface area (Å²) in [6.07, 6.45) is -4.83. The molecule has 0 radical (unpaired) electrons. The maximum absolute atomic E-state index is 13.2. The Hall–Kier alpha value is -3.21. The maximum atomic E-state index is 13.2. The number of phenolic OH excluding ortho intramolecular Hbond substituents is 1. The topological polar surface area (TPSA) is 90.2 Å². The van der Waals surface area contributed by atoms with Crippen LogP contribution in [-0.2, 0) is 6.18 Å². The number of nitrogens with one attached hydrogen (secondary N) is 1. The van der Waals surface area contributed by atoms with Crippen LogP contribution < -0.4 is 10.3 Å². The molecule has 0 aliphatic heterocycles. The number of aromatic hydroxyl groups is 1. The fourth-order valence-corrected chi connectivity index (χ4v) is 2.55. The van der Waals surface area contributed by atoms with Crippen LogP contribution in [0, 0.1) is 16.7 Å². The third-order valence-corrected chi connectivity index (χ3v) is 3.64. The number of hydrogen-bond donors (Lipinski definition) is 2. The van der Waals surface area contributed by atoms with Crippen LogP contribution in [0.1, 0.15) is 11.1 Å². The lowest BCUT2D eigenvalue weighted by atomic mass is 9.98. The van der Waals surface area contributed by atoms with Crippen LogP contribution in [0.4, 0.5) is 13.2 Å². The second-order valence-electron chi connectivity index (χ2n) is 4.97. The van der Waals surface area contributed by atoms with Gasteiger partial charge in [-0.05, 0) is 18.2 Å². The SMILES string of the molecule is COc1ccc2c(c1)oc(=N)c1c(O)c(C#N)c(C(F)(F)F)cc12. The molecule has 1 heterocycles. The number of phenols is 1. The van der Waals surface area contributed by atoms with E-state index in [1.54, 1.807) is 0 Å². The molecular formula is C16H9F3N2O3. The van der Waals surface area contributed by atoms with Crippen molar-refractivity contribution in [1.82, 2.24) is 0 Å². The van der Waals surface area contributed by atoms with Gasteiger partial charge in [0.2, 0.25) is 5.55 Å². The van der Waals surface area contributed by atoms with E-state index in [-0.39, 0.29) is 21.7 Å². The smallest absolute Gasteiger partial charge is 0.417 e. The molecule has 8 heteroatoms. The highest BCUT2D eigenvalue weighted by molar-refractivity contribution is 6.07. The molecule has 0 aliphatic carbocycles. The summed E-state index contributed by atoms with van der Waals surface area (Å²) in [7, 11) is 1.41. The highest BCUT2D eigenvalue weighted by Gasteiger charge is 2.36. The van der Waals surface area contributed by atoms with Crippen molar-refractivity contribution in [3.63, 3.8) is 0 Å². The van der Waals surface area contributed by atoms with E-state index in [4.69, 9.17) is 19.8 Å². The zero-order valence-electron chi connectivity index (χ0n) is 12.2. The van der Waals surface area contributed by atoms with Crippen molar-refractivity contribution in [3.05, 3.63) is 40.9 Å². The Morgan fingerprint density at radius 3 is 2.54 bits per heavy atom. The number of hydrogen-bond acceptors (Lipinski definition) is 5. The molecule has 2 N–H and O–H groups in total. The van der Waals surface area contributed by atoms with Crippen molar-refractivity contribution in [1.29, 1.82) is 10.7 Å². The first-order valence-electron chi connectivity index (χ1n) is 6.60. The molecule has 0 spiro atoms. The molecule has 0 unspecified atom stereocenters. The number of nitrogens with zero attached hydrogens (tertiary/aromatic N) is 1. The molecule has 5 nitrogen and oxygen atoms in total. The van der Waals surface area contributed by atoms with Gasteiger partial charge in [-0.3, -0.25) is 5.41 Å². The molecule has 122 valence electrons. The molecule has 0 amide bonds. The van der Waals surface area contributed by atoms with E-state index in [0.717, 1.165) is 6.07 Å². The summed E-state index contributed by atoms with van der Waals surface area (Å²) in [5.74, 6) is -0.521. The lowest BCUT2D eigenvalue weighted by molar-refractivity contribution is -0.137. The van der Waals surface area contributed by atoms with Crippen molar-refractivity contribution in [2.75, 3.05) is 7.11 Å². The summed E-state index contributed by atoms with van der Waals surface area (Å²) >= 11 is 0. The Balaban J connectivity index is 2.58. The zero-order valence-corrected chi connectivity index (χ0v) is 12.2. The summed E-state index contributed by atoms with van der Waals surface area (Å²) < 4.78 is 49.9. The van der Waals surface area contributed by atoms with E-state index in [1.165, 1.54) is 31.4 Å². The van der Waals surface area contributed by atoms with Crippen LogP contribution in [0.2, 0.25) is 0 Å². The van der Waals surface area contributed by atoms with E-state index in [0.29, 0.717) is 5.75 Å². The van der Waals surface area contributed by atoms with E-state index >= 15 is 0 Å². The summed E-state index contributed by atoms with van der Waals surface area (Å²) in [4.78, 5) is 0. The van der Waals surface area contributed by atoms with Gasteiger partial charge in [0.25, 0.3) is 0 Å². The van der Waals surface area contributed by atoms with Crippen LogP contribution in [0.25, 0.3) is 21.7 Å². The largest absolute Gasteiger partial charge is 0.506 e. The molecule has 2 aromatic carbocycles. The van der Waals surface area contributed by atoms with Crippen molar-refractivity contribution >= 4 is 21.7 Å². The van der Waals surface area contributed by atoms with Gasteiger partial charge >= 0.3 is 6.18 Å². The van der Waals surface area contributed by atoms with Crippen LogP contribution in [0.3, 0.4) is 0 Å². The first-order valence-corrected chi connectivity index (χ1v) is 6.60. The molecule has 3 aromatic rings. The predicted molar refractivity (Wildman–Crippen MR) is 77.5 cm³/mol. The number of rotatable bonds is 1. The highest BCUT2D eigenvalue weighted by Crippen LogP contribution is 2.40. The minimum Gasteiger partial charge on any atom is -0.506 e. The minimum absolute atomic E-state index is 0.0345. The number of fused-ring (bicyclic) bond motifs is 3. The van der Waals surface area contributed by atoms with Gasteiger partial charge in [0.05, 0.1) is 18.1 Å². The second-order valence-corrected chi connectivity index (χ2v) is 4.97. The van der Waals surface area contributed by atoms with Gasteiger partial charge in [0.15, 0.2) is 0 Å². The number of nitriles is 1. The Kier molecular flexibility index (Phi) is 3.37. The lowest BCUT2D eigenvalue weighted by Gasteiger charge is -2.13. The van der Waals surface area contributed by atoms with Gasteiger partial charge in [-0.15, -0.1) is 0 Å². The summed E-state index contributed by atoms with van der Waals surface area (Å²) in [6.45, 7) is 0. The fraction of sp³-hybridized carbons (Fsp3) is 0.125. The predicted octanol–water partition coefficient (Wildman–Crippen LogP) is 3.67. The third kappa shape index (κ3) is 2.22. The molecule has 0 saturated carbocycles. The van der Waals surface area contributed by atoms with Gasteiger partial charge in [-0.2, -0.15) is 18.4 Å². The second kappa shape index (κ2) is 5.16. The van der Waals surface area contributed by atoms with Crippen molar-refractivity contribution in [2.24, 2.45) is 0 Å². The van der Waals surface area contributed by atoms with Crippen LogP contribution in [0.5, 0.6) is 11.5 Å². The molecule has 0 saturated heterocycles. The van der Waals surface area contributed by atoms with E-state index < -0.39 is 28.6 Å². The fourth-order valence-electron chi connectivity index (χ4n) is 2.55.